The molecule has 0 fully saturated rings. The third-order valence-electron chi connectivity index (χ3n) is 4.09. The first-order chi connectivity index (χ1) is 12.5. The predicted molar refractivity (Wildman–Crippen MR) is 100 cm³/mol. The number of nitrogens with one attached hydrogen (secondary N) is 1. The Balaban J connectivity index is 2.12. The maximum absolute atomic E-state index is 12.5. The second kappa shape index (κ2) is 6.06. The second-order valence-corrected chi connectivity index (χ2v) is 6.40. The average Bonchev–Trinajstić information content (AvgIpc) is 2.99. The smallest absolute Gasteiger partial charge is 0.259 e. The van der Waals surface area contributed by atoms with Gasteiger partial charge in [0.05, 0.1) is 23.0 Å². The van der Waals surface area contributed by atoms with E-state index in [-0.39, 0.29) is 11.1 Å². The van der Waals surface area contributed by atoms with Crippen LogP contribution in [0, 0.1) is 11.3 Å². The maximum Gasteiger partial charge on any atom is 0.259 e. The number of rotatable bonds is 2. The van der Waals surface area contributed by atoms with Crippen molar-refractivity contribution in [1.82, 2.24) is 14.6 Å². The minimum absolute atomic E-state index is 0.226. The largest absolute Gasteiger partial charge is 0.497 e. The van der Waals surface area contributed by atoms with E-state index in [1.54, 1.807) is 36.4 Å². The fourth-order valence-corrected chi connectivity index (χ4v) is 3.37. The zero-order chi connectivity index (χ0) is 18.4. The number of aromatic amines is 1. The summed E-state index contributed by atoms with van der Waals surface area (Å²) in [6.07, 6.45) is 0. The standard InChI is InChI=1S/C18H10Cl2N4O2/c1-26-10-3-5-15-12(7-10)18(25)22-17-13(8-21)16(23-24(15)17)11-4-2-9(19)6-14(11)20/h2-7H,1H3,(H,22,25). The molecule has 0 unspecified atom stereocenters. The zero-order valence-corrected chi connectivity index (χ0v) is 14.9. The monoisotopic (exact) mass is 384 g/mol. The summed E-state index contributed by atoms with van der Waals surface area (Å²) in [5.41, 5.74) is 1.67. The molecule has 0 aliphatic rings. The van der Waals surface area contributed by atoms with Gasteiger partial charge in [-0.15, -0.1) is 0 Å². The Morgan fingerprint density at radius 2 is 2.04 bits per heavy atom. The van der Waals surface area contributed by atoms with Gasteiger partial charge in [0.2, 0.25) is 0 Å². The molecule has 0 bridgehead atoms. The van der Waals surface area contributed by atoms with Crippen LogP contribution in [0.5, 0.6) is 5.75 Å². The molecule has 26 heavy (non-hydrogen) atoms. The van der Waals surface area contributed by atoms with Crippen molar-refractivity contribution >= 4 is 39.8 Å². The summed E-state index contributed by atoms with van der Waals surface area (Å²) in [4.78, 5) is 15.2. The first-order valence-electron chi connectivity index (χ1n) is 7.51. The number of H-pyrrole nitrogens is 1. The second-order valence-electron chi connectivity index (χ2n) is 5.56. The van der Waals surface area contributed by atoms with Crippen LogP contribution in [0.15, 0.2) is 41.2 Å². The number of nitriles is 1. The van der Waals surface area contributed by atoms with E-state index in [1.165, 1.54) is 11.6 Å². The molecule has 0 spiro atoms. The van der Waals surface area contributed by atoms with Crippen LogP contribution in [0.4, 0.5) is 0 Å². The molecule has 8 heteroatoms. The van der Waals surface area contributed by atoms with Crippen molar-refractivity contribution < 1.29 is 4.74 Å². The SMILES string of the molecule is COc1ccc2c(c1)c(=O)[nH]c1c(C#N)c(-c3ccc(Cl)cc3Cl)nn12. The Kier molecular flexibility index (Phi) is 3.83. The van der Waals surface area contributed by atoms with Gasteiger partial charge in [0, 0.05) is 10.6 Å². The summed E-state index contributed by atoms with van der Waals surface area (Å²) in [5, 5.41) is 15.4. The molecule has 2 aromatic heterocycles. The van der Waals surface area contributed by atoms with Gasteiger partial charge in [0.15, 0.2) is 5.65 Å². The van der Waals surface area contributed by atoms with Crippen molar-refractivity contribution in [3.8, 4) is 23.1 Å². The number of hydrogen-bond donors (Lipinski definition) is 1. The van der Waals surface area contributed by atoms with Gasteiger partial charge in [-0.25, -0.2) is 4.52 Å². The molecular weight excluding hydrogens is 375 g/mol. The number of hydrogen-bond acceptors (Lipinski definition) is 4. The van der Waals surface area contributed by atoms with Crippen LogP contribution < -0.4 is 10.3 Å². The number of halogens is 2. The van der Waals surface area contributed by atoms with E-state index in [0.29, 0.717) is 43.6 Å². The van der Waals surface area contributed by atoms with Gasteiger partial charge in [0.1, 0.15) is 23.1 Å². The van der Waals surface area contributed by atoms with Crippen LogP contribution >= 0.6 is 23.2 Å². The number of benzene rings is 2. The fourth-order valence-electron chi connectivity index (χ4n) is 2.87. The third-order valence-corrected chi connectivity index (χ3v) is 4.64. The predicted octanol–water partition coefficient (Wildman–Crippen LogP) is 4.03. The van der Waals surface area contributed by atoms with Crippen LogP contribution in [0.3, 0.4) is 0 Å². The van der Waals surface area contributed by atoms with Crippen molar-refractivity contribution in [3.05, 3.63) is 62.4 Å². The van der Waals surface area contributed by atoms with Gasteiger partial charge >= 0.3 is 0 Å². The van der Waals surface area contributed by atoms with Gasteiger partial charge in [-0.1, -0.05) is 23.2 Å². The molecule has 0 aliphatic heterocycles. The molecule has 0 saturated heterocycles. The first-order valence-corrected chi connectivity index (χ1v) is 8.27. The van der Waals surface area contributed by atoms with E-state index in [1.807, 2.05) is 0 Å². The molecule has 2 aromatic carbocycles. The zero-order valence-electron chi connectivity index (χ0n) is 13.4. The van der Waals surface area contributed by atoms with Gasteiger partial charge in [-0.3, -0.25) is 4.79 Å². The highest BCUT2D eigenvalue weighted by molar-refractivity contribution is 6.36. The summed E-state index contributed by atoms with van der Waals surface area (Å²) < 4.78 is 6.69. The summed E-state index contributed by atoms with van der Waals surface area (Å²) in [6, 6.07) is 12.1. The molecular formula is C18H10Cl2N4O2. The van der Waals surface area contributed by atoms with Crippen LogP contribution in [0.25, 0.3) is 27.8 Å². The molecule has 1 N–H and O–H groups in total. The molecule has 4 rings (SSSR count). The Hall–Kier alpha value is -3.01. The Morgan fingerprint density at radius 3 is 2.73 bits per heavy atom. The number of nitrogens with zero attached hydrogens (tertiary/aromatic N) is 3. The maximum atomic E-state index is 12.5. The van der Waals surface area contributed by atoms with Crippen LogP contribution in [0.1, 0.15) is 5.56 Å². The van der Waals surface area contributed by atoms with Crippen LogP contribution in [0.2, 0.25) is 10.0 Å². The van der Waals surface area contributed by atoms with Crippen LogP contribution in [-0.4, -0.2) is 21.7 Å². The lowest BCUT2D eigenvalue weighted by Crippen LogP contribution is -2.10. The lowest BCUT2D eigenvalue weighted by molar-refractivity contribution is 0.415. The number of aromatic nitrogens is 3. The lowest BCUT2D eigenvalue weighted by Gasteiger charge is -2.03. The van der Waals surface area contributed by atoms with E-state index < -0.39 is 0 Å². The highest BCUT2D eigenvalue weighted by atomic mass is 35.5. The van der Waals surface area contributed by atoms with Crippen molar-refractivity contribution in [2.24, 2.45) is 0 Å². The van der Waals surface area contributed by atoms with E-state index in [9.17, 15) is 10.1 Å². The summed E-state index contributed by atoms with van der Waals surface area (Å²) >= 11 is 12.2. The number of fused-ring (bicyclic) bond motifs is 3. The van der Waals surface area contributed by atoms with Crippen molar-refractivity contribution in [2.75, 3.05) is 7.11 Å². The van der Waals surface area contributed by atoms with Gasteiger partial charge in [0.25, 0.3) is 5.56 Å². The Bertz CT molecular complexity index is 1280. The summed E-state index contributed by atoms with van der Waals surface area (Å²) in [7, 11) is 1.52. The number of ether oxygens (including phenoxy) is 1. The Morgan fingerprint density at radius 1 is 1.23 bits per heavy atom. The van der Waals surface area contributed by atoms with E-state index in [0.717, 1.165) is 0 Å². The van der Waals surface area contributed by atoms with Crippen molar-refractivity contribution in [3.63, 3.8) is 0 Å². The van der Waals surface area contributed by atoms with Crippen molar-refractivity contribution in [2.45, 2.75) is 0 Å². The molecule has 0 amide bonds. The minimum atomic E-state index is -0.337. The summed E-state index contributed by atoms with van der Waals surface area (Å²) in [6.45, 7) is 0. The van der Waals surface area contributed by atoms with E-state index >= 15 is 0 Å². The topological polar surface area (TPSA) is 83.2 Å². The van der Waals surface area contributed by atoms with E-state index in [4.69, 9.17) is 27.9 Å². The lowest BCUT2D eigenvalue weighted by atomic mass is 10.1. The Labute approximate surface area is 157 Å². The molecule has 6 nitrogen and oxygen atoms in total. The van der Waals surface area contributed by atoms with Crippen molar-refractivity contribution in [1.29, 1.82) is 5.26 Å². The molecule has 128 valence electrons. The average molecular weight is 385 g/mol. The highest BCUT2D eigenvalue weighted by Gasteiger charge is 2.20. The molecule has 0 radical (unpaired) electrons. The highest BCUT2D eigenvalue weighted by Crippen LogP contribution is 2.33. The molecule has 0 atom stereocenters. The number of methoxy groups -OCH3 is 1. The summed E-state index contributed by atoms with van der Waals surface area (Å²) in [5.74, 6) is 0.552. The third kappa shape index (κ3) is 2.41. The quantitative estimate of drug-likeness (QED) is 0.565. The molecule has 4 aromatic rings. The molecule has 0 saturated carbocycles. The normalized spacial score (nSPS) is 11.0. The van der Waals surface area contributed by atoms with Gasteiger partial charge in [-0.05, 0) is 36.4 Å². The molecule has 0 aliphatic carbocycles. The molecule has 2 heterocycles. The van der Waals surface area contributed by atoms with Crippen LogP contribution in [-0.2, 0) is 0 Å². The van der Waals surface area contributed by atoms with Gasteiger partial charge in [-0.2, -0.15) is 10.4 Å². The first kappa shape index (κ1) is 16.5. The van der Waals surface area contributed by atoms with Gasteiger partial charge < -0.3 is 9.72 Å². The minimum Gasteiger partial charge on any atom is -0.497 e. The fraction of sp³-hybridized carbons (Fsp3) is 0.0556. The van der Waals surface area contributed by atoms with E-state index in [2.05, 4.69) is 16.2 Å².